The zero-order valence-electron chi connectivity index (χ0n) is 13.3. The van der Waals surface area contributed by atoms with Gasteiger partial charge in [0.2, 0.25) is 11.6 Å². The second-order valence-corrected chi connectivity index (χ2v) is 5.43. The molecule has 1 amide bonds. The number of rotatable bonds is 6. The molecule has 0 atom stereocenters. The van der Waals surface area contributed by atoms with E-state index in [9.17, 15) is 4.79 Å². The molecular formula is C16H15ClN4O4. The van der Waals surface area contributed by atoms with Crippen LogP contribution in [0.15, 0.2) is 35.0 Å². The van der Waals surface area contributed by atoms with Gasteiger partial charge in [0, 0.05) is 25.6 Å². The second-order valence-electron chi connectivity index (χ2n) is 4.99. The fourth-order valence-corrected chi connectivity index (χ4v) is 2.27. The number of amides is 1. The molecule has 3 aromatic rings. The van der Waals surface area contributed by atoms with E-state index in [2.05, 4.69) is 15.3 Å². The number of furan rings is 1. The van der Waals surface area contributed by atoms with Gasteiger partial charge in [-0.05, 0) is 12.1 Å². The van der Waals surface area contributed by atoms with Gasteiger partial charge in [0.1, 0.15) is 23.4 Å². The number of hydrogen-bond donors (Lipinski definition) is 2. The first-order chi connectivity index (χ1) is 12.1. The van der Waals surface area contributed by atoms with Crippen molar-refractivity contribution in [1.29, 1.82) is 0 Å². The maximum Gasteiger partial charge on any atom is 0.294 e. The summed E-state index contributed by atoms with van der Waals surface area (Å²) in [5.74, 6) is 0.0196. The van der Waals surface area contributed by atoms with Crippen molar-refractivity contribution >= 4 is 40.0 Å². The van der Waals surface area contributed by atoms with Crippen LogP contribution in [0.4, 0.5) is 11.5 Å². The van der Waals surface area contributed by atoms with Crippen molar-refractivity contribution in [3.63, 3.8) is 0 Å². The fraction of sp³-hybridized carbons (Fsp3) is 0.188. The first-order valence-electron chi connectivity index (χ1n) is 7.31. The molecule has 8 nitrogen and oxygen atoms in total. The van der Waals surface area contributed by atoms with Gasteiger partial charge in [-0.25, -0.2) is 9.97 Å². The van der Waals surface area contributed by atoms with E-state index in [0.29, 0.717) is 35.0 Å². The van der Waals surface area contributed by atoms with Crippen LogP contribution in [0, 0.1) is 0 Å². The Bertz CT molecular complexity index is 895. The van der Waals surface area contributed by atoms with E-state index in [0.717, 1.165) is 0 Å². The number of carbonyl (C=O) groups excluding carboxylic acids is 1. The lowest BCUT2D eigenvalue weighted by Crippen LogP contribution is -2.13. The van der Waals surface area contributed by atoms with E-state index in [-0.39, 0.29) is 17.3 Å². The number of aromatic nitrogens is 2. The molecule has 0 saturated carbocycles. The van der Waals surface area contributed by atoms with Gasteiger partial charge in [0.25, 0.3) is 5.91 Å². The lowest BCUT2D eigenvalue weighted by Gasteiger charge is -2.05. The van der Waals surface area contributed by atoms with Crippen LogP contribution in [-0.4, -0.2) is 36.2 Å². The SMILES string of the molecule is COCCOc1nccc2oc(C(=O)Nc3ccc(Cl)cn3)c(N)c12. The molecule has 0 radical (unpaired) electrons. The van der Waals surface area contributed by atoms with Crippen LogP contribution in [0.3, 0.4) is 0 Å². The summed E-state index contributed by atoms with van der Waals surface area (Å²) in [6, 6.07) is 4.78. The molecule has 3 heterocycles. The number of pyridine rings is 2. The lowest BCUT2D eigenvalue weighted by atomic mass is 10.2. The van der Waals surface area contributed by atoms with Gasteiger partial charge in [-0.15, -0.1) is 0 Å². The van der Waals surface area contributed by atoms with Gasteiger partial charge in [-0.2, -0.15) is 0 Å². The number of nitrogens with zero attached hydrogens (tertiary/aromatic N) is 2. The van der Waals surface area contributed by atoms with Crippen molar-refractivity contribution in [2.45, 2.75) is 0 Å². The average Bonchev–Trinajstić information content (AvgIpc) is 2.95. The third-order valence-corrected chi connectivity index (χ3v) is 3.53. The molecule has 130 valence electrons. The Morgan fingerprint density at radius 2 is 2.16 bits per heavy atom. The molecule has 0 bridgehead atoms. The van der Waals surface area contributed by atoms with Gasteiger partial charge < -0.3 is 24.9 Å². The van der Waals surface area contributed by atoms with E-state index >= 15 is 0 Å². The average molecular weight is 363 g/mol. The summed E-state index contributed by atoms with van der Waals surface area (Å²) < 4.78 is 16.0. The van der Waals surface area contributed by atoms with Crippen molar-refractivity contribution in [2.24, 2.45) is 0 Å². The highest BCUT2D eigenvalue weighted by Crippen LogP contribution is 2.34. The summed E-state index contributed by atoms with van der Waals surface area (Å²) in [5, 5.41) is 3.50. The minimum Gasteiger partial charge on any atom is -0.475 e. The maximum absolute atomic E-state index is 12.4. The third kappa shape index (κ3) is 3.65. The summed E-state index contributed by atoms with van der Waals surface area (Å²) in [6.45, 7) is 0.689. The molecule has 3 aromatic heterocycles. The molecule has 0 unspecified atom stereocenters. The van der Waals surface area contributed by atoms with Crippen molar-refractivity contribution < 1.29 is 18.7 Å². The van der Waals surface area contributed by atoms with Crippen molar-refractivity contribution in [3.05, 3.63) is 41.4 Å². The van der Waals surface area contributed by atoms with E-state index in [1.54, 1.807) is 25.3 Å². The first-order valence-corrected chi connectivity index (χ1v) is 7.69. The number of hydrogen-bond acceptors (Lipinski definition) is 7. The Kier molecular flexibility index (Phi) is 5.01. The highest BCUT2D eigenvalue weighted by atomic mass is 35.5. The number of fused-ring (bicyclic) bond motifs is 1. The highest BCUT2D eigenvalue weighted by Gasteiger charge is 2.22. The number of halogens is 1. The Hall–Kier alpha value is -2.84. The predicted octanol–water partition coefficient (Wildman–Crippen LogP) is 2.74. The van der Waals surface area contributed by atoms with Crippen molar-refractivity contribution in [2.75, 3.05) is 31.4 Å². The monoisotopic (exact) mass is 362 g/mol. The van der Waals surface area contributed by atoms with Crippen LogP contribution in [0.25, 0.3) is 11.0 Å². The molecule has 0 spiro atoms. The van der Waals surface area contributed by atoms with E-state index < -0.39 is 5.91 Å². The second kappa shape index (κ2) is 7.37. The molecule has 0 aromatic carbocycles. The standard InChI is InChI=1S/C16H15ClN4O4/c1-23-6-7-24-16-12-10(4-5-19-16)25-14(13(12)18)15(22)21-11-3-2-9(17)8-20-11/h2-5,8H,6-7,18H2,1H3,(H,20,21,22). The molecule has 0 saturated heterocycles. The van der Waals surface area contributed by atoms with Crippen LogP contribution in [0.5, 0.6) is 5.88 Å². The van der Waals surface area contributed by atoms with Gasteiger partial charge >= 0.3 is 0 Å². The van der Waals surface area contributed by atoms with E-state index in [1.165, 1.54) is 12.4 Å². The predicted molar refractivity (Wildman–Crippen MR) is 93.0 cm³/mol. The molecular weight excluding hydrogens is 348 g/mol. The number of carbonyl (C=O) groups is 1. The molecule has 0 aliphatic rings. The van der Waals surface area contributed by atoms with Gasteiger partial charge in [0.15, 0.2) is 0 Å². The normalized spacial score (nSPS) is 10.8. The van der Waals surface area contributed by atoms with Crippen LogP contribution in [0.2, 0.25) is 5.02 Å². The number of nitrogens with two attached hydrogens (primary N) is 1. The van der Waals surface area contributed by atoms with Crippen LogP contribution >= 0.6 is 11.6 Å². The number of nitrogens with one attached hydrogen (secondary N) is 1. The Labute approximate surface area is 147 Å². The summed E-state index contributed by atoms with van der Waals surface area (Å²) in [4.78, 5) is 20.5. The molecule has 3 rings (SSSR count). The lowest BCUT2D eigenvalue weighted by molar-refractivity contribution is 0.0999. The Balaban J connectivity index is 1.88. The number of anilines is 2. The summed E-state index contributed by atoms with van der Waals surface area (Å²) in [7, 11) is 1.57. The molecule has 0 aliphatic carbocycles. The highest BCUT2D eigenvalue weighted by molar-refractivity contribution is 6.30. The number of ether oxygens (including phenoxy) is 2. The molecule has 0 aliphatic heterocycles. The summed E-state index contributed by atoms with van der Waals surface area (Å²) in [5.41, 5.74) is 6.61. The zero-order valence-corrected chi connectivity index (χ0v) is 14.0. The minimum atomic E-state index is -0.536. The minimum absolute atomic E-state index is 0.0451. The molecule has 9 heteroatoms. The van der Waals surface area contributed by atoms with Crippen LogP contribution in [0.1, 0.15) is 10.6 Å². The topological polar surface area (TPSA) is 112 Å². The smallest absolute Gasteiger partial charge is 0.294 e. The number of nitrogen functional groups attached to an aromatic ring is 1. The van der Waals surface area contributed by atoms with Crippen LogP contribution in [-0.2, 0) is 4.74 Å². The first kappa shape index (κ1) is 17.0. The van der Waals surface area contributed by atoms with Gasteiger partial charge in [-0.1, -0.05) is 11.6 Å². The van der Waals surface area contributed by atoms with Gasteiger partial charge in [0.05, 0.1) is 17.3 Å². The Morgan fingerprint density at radius 3 is 2.88 bits per heavy atom. The van der Waals surface area contributed by atoms with Crippen LogP contribution < -0.4 is 15.8 Å². The molecule has 3 N–H and O–H groups in total. The number of methoxy groups -OCH3 is 1. The van der Waals surface area contributed by atoms with Crippen molar-refractivity contribution in [1.82, 2.24) is 9.97 Å². The largest absolute Gasteiger partial charge is 0.475 e. The quantitative estimate of drug-likeness (QED) is 0.648. The summed E-state index contributed by atoms with van der Waals surface area (Å²) in [6.07, 6.45) is 2.93. The maximum atomic E-state index is 12.4. The van der Waals surface area contributed by atoms with E-state index in [1.807, 2.05) is 0 Å². The third-order valence-electron chi connectivity index (χ3n) is 3.31. The zero-order chi connectivity index (χ0) is 17.8. The summed E-state index contributed by atoms with van der Waals surface area (Å²) >= 11 is 5.77. The fourth-order valence-electron chi connectivity index (χ4n) is 2.16. The Morgan fingerprint density at radius 1 is 1.32 bits per heavy atom. The molecule has 0 fully saturated rings. The van der Waals surface area contributed by atoms with Crippen molar-refractivity contribution in [3.8, 4) is 5.88 Å². The molecule has 25 heavy (non-hydrogen) atoms. The van der Waals surface area contributed by atoms with Gasteiger partial charge in [-0.3, -0.25) is 4.79 Å². The van der Waals surface area contributed by atoms with E-state index in [4.69, 9.17) is 31.2 Å².